The van der Waals surface area contributed by atoms with Gasteiger partial charge in [0.05, 0.1) is 5.60 Å². The van der Waals surface area contributed by atoms with Crippen LogP contribution >= 0.6 is 0 Å². The zero-order valence-electron chi connectivity index (χ0n) is 19.1. The van der Waals surface area contributed by atoms with E-state index < -0.39 is 0 Å². The number of rotatable bonds is 9. The molecule has 2 unspecified atom stereocenters. The Labute approximate surface area is 168 Å². The van der Waals surface area contributed by atoms with Gasteiger partial charge >= 0.3 is 0 Å². The van der Waals surface area contributed by atoms with Crippen LogP contribution in [-0.4, -0.2) is 12.2 Å². The van der Waals surface area contributed by atoms with E-state index in [2.05, 4.69) is 73.6 Å². The topological polar surface area (TPSA) is 9.23 Å². The predicted octanol–water partition coefficient (Wildman–Crippen LogP) is 7.80. The summed E-state index contributed by atoms with van der Waals surface area (Å²) < 4.78 is 5.80. The third-order valence-electron chi connectivity index (χ3n) is 6.65. The van der Waals surface area contributed by atoms with Crippen LogP contribution in [0.2, 0.25) is 0 Å². The van der Waals surface area contributed by atoms with Crippen molar-refractivity contribution < 1.29 is 4.74 Å². The molecule has 0 saturated heterocycles. The van der Waals surface area contributed by atoms with Gasteiger partial charge in [-0.25, -0.2) is 0 Å². The van der Waals surface area contributed by atoms with E-state index in [1.165, 1.54) is 43.3 Å². The van der Waals surface area contributed by atoms with E-state index in [1.54, 1.807) is 16.7 Å². The second-order valence-corrected chi connectivity index (χ2v) is 9.76. The van der Waals surface area contributed by atoms with Crippen molar-refractivity contribution >= 4 is 0 Å². The normalized spacial score (nSPS) is 22.2. The minimum Gasteiger partial charge on any atom is -0.376 e. The van der Waals surface area contributed by atoms with Crippen molar-refractivity contribution in [1.82, 2.24) is 0 Å². The lowest BCUT2D eigenvalue weighted by Crippen LogP contribution is -2.19. The highest BCUT2D eigenvalue weighted by Gasteiger charge is 2.32. The van der Waals surface area contributed by atoms with E-state index in [-0.39, 0.29) is 5.60 Å². The second-order valence-electron chi connectivity index (χ2n) is 9.76. The van der Waals surface area contributed by atoms with Crippen LogP contribution < -0.4 is 0 Å². The Morgan fingerprint density at radius 3 is 2.11 bits per heavy atom. The molecule has 2 rings (SSSR count). The Bertz CT molecular complexity index is 612. The Morgan fingerprint density at radius 2 is 1.52 bits per heavy atom. The van der Waals surface area contributed by atoms with E-state index in [1.807, 2.05) is 0 Å². The molecular weight excluding hydrogens is 328 g/mol. The van der Waals surface area contributed by atoms with Gasteiger partial charge in [-0.1, -0.05) is 54.7 Å². The third-order valence-corrected chi connectivity index (χ3v) is 6.65. The summed E-state index contributed by atoms with van der Waals surface area (Å²) in [5, 5.41) is 0. The smallest absolute Gasteiger partial charge is 0.0598 e. The molecule has 0 aromatic rings. The standard InChI is InChI=1S/C26H42O/c1-18-19(2)21(4)25(20(18)3)22(5)24-15-14-23(17-24)13-11-9-10-12-16-27-26(6,7)8/h14-15,17,22,24-25H,9-13,16H2,1-8H3. The summed E-state index contributed by atoms with van der Waals surface area (Å²) in [6.45, 7) is 19.0. The number of hydrogen-bond donors (Lipinski definition) is 0. The molecule has 0 N–H and O–H groups in total. The van der Waals surface area contributed by atoms with Gasteiger partial charge in [0.1, 0.15) is 0 Å². The van der Waals surface area contributed by atoms with Crippen LogP contribution in [0.15, 0.2) is 46.1 Å². The van der Waals surface area contributed by atoms with Crippen LogP contribution in [0.3, 0.4) is 0 Å². The largest absolute Gasteiger partial charge is 0.376 e. The zero-order valence-corrected chi connectivity index (χ0v) is 19.1. The highest BCUT2D eigenvalue weighted by atomic mass is 16.5. The van der Waals surface area contributed by atoms with Crippen molar-refractivity contribution in [3.63, 3.8) is 0 Å². The first-order valence-electron chi connectivity index (χ1n) is 11.0. The van der Waals surface area contributed by atoms with Crippen LogP contribution in [0.5, 0.6) is 0 Å². The van der Waals surface area contributed by atoms with Crippen LogP contribution in [0, 0.1) is 17.8 Å². The average Bonchev–Trinajstić information content (AvgIpc) is 3.13. The molecule has 0 aromatic heterocycles. The summed E-state index contributed by atoms with van der Waals surface area (Å²) in [5.41, 5.74) is 7.77. The monoisotopic (exact) mass is 370 g/mol. The Kier molecular flexibility index (Phi) is 7.74. The summed E-state index contributed by atoms with van der Waals surface area (Å²) in [4.78, 5) is 0. The van der Waals surface area contributed by atoms with Gasteiger partial charge in [0.25, 0.3) is 0 Å². The number of ether oxygens (including phenoxy) is 1. The maximum atomic E-state index is 5.80. The fraction of sp³-hybridized carbons (Fsp3) is 0.692. The van der Waals surface area contributed by atoms with Crippen LogP contribution in [0.1, 0.15) is 87.5 Å². The molecular formula is C26H42O. The Morgan fingerprint density at radius 1 is 0.926 bits per heavy atom. The van der Waals surface area contributed by atoms with Crippen molar-refractivity contribution in [3.05, 3.63) is 46.1 Å². The molecule has 2 aliphatic rings. The van der Waals surface area contributed by atoms with Crippen molar-refractivity contribution in [2.45, 2.75) is 93.1 Å². The number of hydrogen-bond acceptors (Lipinski definition) is 1. The molecule has 0 spiro atoms. The van der Waals surface area contributed by atoms with Gasteiger partial charge < -0.3 is 4.74 Å². The first-order valence-corrected chi connectivity index (χ1v) is 11.0. The molecule has 1 heteroatoms. The maximum absolute atomic E-state index is 5.80. The molecule has 1 nitrogen and oxygen atoms in total. The van der Waals surface area contributed by atoms with Gasteiger partial charge in [-0.3, -0.25) is 0 Å². The fourth-order valence-electron chi connectivity index (χ4n) is 4.64. The van der Waals surface area contributed by atoms with Gasteiger partial charge in [0, 0.05) is 12.5 Å². The van der Waals surface area contributed by atoms with Crippen molar-refractivity contribution in [1.29, 1.82) is 0 Å². The average molecular weight is 371 g/mol. The highest BCUT2D eigenvalue weighted by Crippen LogP contribution is 2.44. The lowest BCUT2D eigenvalue weighted by atomic mass is 9.77. The summed E-state index contributed by atoms with van der Waals surface area (Å²) in [5.74, 6) is 1.87. The number of allylic oxidation sites excluding steroid dienone is 8. The van der Waals surface area contributed by atoms with Gasteiger partial charge in [-0.2, -0.15) is 0 Å². The quantitative estimate of drug-likeness (QED) is 0.376. The minimum absolute atomic E-state index is 0.00262. The molecule has 27 heavy (non-hydrogen) atoms. The molecule has 2 atom stereocenters. The molecule has 0 aromatic carbocycles. The van der Waals surface area contributed by atoms with E-state index >= 15 is 0 Å². The van der Waals surface area contributed by atoms with Crippen molar-refractivity contribution in [2.75, 3.05) is 6.61 Å². The fourth-order valence-corrected chi connectivity index (χ4v) is 4.64. The lowest BCUT2D eigenvalue weighted by Gasteiger charge is -2.26. The molecule has 0 heterocycles. The molecule has 0 aliphatic heterocycles. The first kappa shape index (κ1) is 22.2. The Balaban J connectivity index is 1.75. The maximum Gasteiger partial charge on any atom is 0.0598 e. The highest BCUT2D eigenvalue weighted by molar-refractivity contribution is 5.47. The molecule has 0 fully saturated rings. The molecule has 0 bridgehead atoms. The zero-order chi connectivity index (χ0) is 20.2. The molecule has 152 valence electrons. The molecule has 0 saturated carbocycles. The summed E-state index contributed by atoms with van der Waals surface area (Å²) in [6.07, 6.45) is 13.7. The van der Waals surface area contributed by atoms with E-state index in [9.17, 15) is 0 Å². The SMILES string of the molecule is CC1=C(C)C(C(C)C2C=CC(CCCCCCOC(C)(C)C)=C2)C(C)=C1C. The number of unbranched alkanes of at least 4 members (excludes halogenated alkanes) is 3. The minimum atomic E-state index is 0.00262. The Hall–Kier alpha value is -1.08. The van der Waals surface area contributed by atoms with Gasteiger partial charge in [0.15, 0.2) is 0 Å². The lowest BCUT2D eigenvalue weighted by molar-refractivity contribution is -0.00473. The van der Waals surface area contributed by atoms with Crippen LogP contribution in [0.4, 0.5) is 0 Å². The molecule has 0 amide bonds. The van der Waals surface area contributed by atoms with Crippen LogP contribution in [0.25, 0.3) is 0 Å². The van der Waals surface area contributed by atoms with Gasteiger partial charge in [-0.05, 0) is 90.7 Å². The first-order chi connectivity index (χ1) is 12.6. The summed E-state index contributed by atoms with van der Waals surface area (Å²) in [7, 11) is 0. The van der Waals surface area contributed by atoms with Crippen molar-refractivity contribution in [3.8, 4) is 0 Å². The van der Waals surface area contributed by atoms with Gasteiger partial charge in [-0.15, -0.1) is 0 Å². The van der Waals surface area contributed by atoms with Crippen LogP contribution in [-0.2, 0) is 4.74 Å². The third kappa shape index (κ3) is 5.95. The molecule has 2 aliphatic carbocycles. The van der Waals surface area contributed by atoms with E-state index in [0.29, 0.717) is 17.8 Å². The van der Waals surface area contributed by atoms with Crippen molar-refractivity contribution in [2.24, 2.45) is 17.8 Å². The summed E-state index contributed by atoms with van der Waals surface area (Å²) in [6, 6.07) is 0. The summed E-state index contributed by atoms with van der Waals surface area (Å²) >= 11 is 0. The second kappa shape index (κ2) is 9.41. The van der Waals surface area contributed by atoms with E-state index in [4.69, 9.17) is 4.74 Å². The van der Waals surface area contributed by atoms with Gasteiger partial charge in [0.2, 0.25) is 0 Å². The predicted molar refractivity (Wildman–Crippen MR) is 119 cm³/mol. The van der Waals surface area contributed by atoms with E-state index in [0.717, 1.165) is 6.61 Å². The molecule has 0 radical (unpaired) electrons.